The van der Waals surface area contributed by atoms with E-state index in [9.17, 15) is 33.6 Å². The molecular formula is C31H34I2N2O11. The quantitative estimate of drug-likeness (QED) is 0.0946. The lowest BCUT2D eigenvalue weighted by Gasteiger charge is -2.23. The van der Waals surface area contributed by atoms with Gasteiger partial charge in [-0.1, -0.05) is 0 Å². The van der Waals surface area contributed by atoms with Gasteiger partial charge in [-0.3, -0.25) is 19.2 Å². The van der Waals surface area contributed by atoms with Gasteiger partial charge in [0.15, 0.2) is 0 Å². The normalized spacial score (nSPS) is 13.7. The predicted octanol–water partition coefficient (Wildman–Crippen LogP) is 7.05. The van der Waals surface area contributed by atoms with Gasteiger partial charge in [-0.25, -0.2) is 19.3 Å². The molecule has 1 N–H and O–H groups in total. The summed E-state index contributed by atoms with van der Waals surface area (Å²) in [6, 6.07) is 10.2. The molecule has 0 spiro atoms. The molecule has 0 unspecified atom stereocenters. The zero-order valence-electron chi connectivity index (χ0n) is 26.7. The Morgan fingerprint density at radius 3 is 1.59 bits per heavy atom. The van der Waals surface area contributed by atoms with Gasteiger partial charge >= 0.3 is 24.3 Å². The lowest BCUT2D eigenvalue weighted by Crippen LogP contribution is -2.40. The fourth-order valence-corrected chi connectivity index (χ4v) is 4.41. The molecule has 0 radical (unpaired) electrons. The molecule has 2 aromatic rings. The van der Waals surface area contributed by atoms with E-state index >= 15 is 0 Å². The maximum absolute atomic E-state index is 12.0. The second-order valence-electron chi connectivity index (χ2n) is 12.6. The number of nitrogens with one attached hydrogen (secondary N) is 1. The van der Waals surface area contributed by atoms with Gasteiger partial charge in [-0.05, 0) is 144 Å². The molecule has 0 fully saturated rings. The summed E-state index contributed by atoms with van der Waals surface area (Å²) in [6.07, 6.45) is -2.95. The van der Waals surface area contributed by atoms with Crippen molar-refractivity contribution in [3.05, 3.63) is 54.7 Å². The van der Waals surface area contributed by atoms with E-state index in [1.165, 1.54) is 0 Å². The Morgan fingerprint density at radius 2 is 1.11 bits per heavy atom. The van der Waals surface area contributed by atoms with Crippen molar-refractivity contribution in [3.63, 3.8) is 0 Å². The summed E-state index contributed by atoms with van der Waals surface area (Å²) >= 11 is 4.14. The van der Waals surface area contributed by atoms with E-state index in [2.05, 4.69) is 32.6 Å². The molecule has 2 aromatic carbocycles. The number of Topliss-reactive ketones (excluding diaryl/α,β-unsaturated/α-hetero) is 2. The number of rotatable bonds is 0. The molecular weight excluding hydrogens is 830 g/mol. The number of carbonyl (C=O) groups is 7. The van der Waals surface area contributed by atoms with Gasteiger partial charge in [0.05, 0.1) is 22.5 Å². The average Bonchev–Trinajstić information content (AvgIpc) is 3.28. The summed E-state index contributed by atoms with van der Waals surface area (Å²) in [5.41, 5.74) is -0.505. The van der Waals surface area contributed by atoms with Crippen molar-refractivity contribution in [2.75, 3.05) is 10.2 Å². The lowest BCUT2D eigenvalue weighted by molar-refractivity contribution is -0.114. The lowest BCUT2D eigenvalue weighted by atomic mass is 10.1. The number of carbonyl (C=O) groups excluding carboxylic acids is 7. The molecule has 2 heterocycles. The number of ether oxygens (including phenoxy) is 4. The first-order chi connectivity index (χ1) is 20.9. The Bertz CT molecular complexity index is 1560. The van der Waals surface area contributed by atoms with Crippen LogP contribution in [-0.4, -0.2) is 58.6 Å². The van der Waals surface area contributed by atoms with Crippen molar-refractivity contribution in [1.82, 2.24) is 0 Å². The van der Waals surface area contributed by atoms with Gasteiger partial charge < -0.3 is 24.3 Å². The van der Waals surface area contributed by atoms with E-state index in [0.717, 1.165) is 12.0 Å². The minimum Gasteiger partial charge on any atom is -0.443 e. The zero-order chi connectivity index (χ0) is 35.4. The average molecular weight is 864 g/mol. The molecule has 0 aromatic heterocycles. The Morgan fingerprint density at radius 1 is 0.652 bits per heavy atom. The maximum Gasteiger partial charge on any atom is 0.519 e. The molecule has 4 rings (SSSR count). The number of benzene rings is 2. The fraction of sp³-hybridized carbons (Fsp3) is 0.387. The second kappa shape index (κ2) is 14.9. The third kappa shape index (κ3) is 11.6. The molecule has 0 atom stereocenters. The van der Waals surface area contributed by atoms with Crippen LogP contribution in [0.15, 0.2) is 36.4 Å². The van der Waals surface area contributed by atoms with E-state index < -0.39 is 58.6 Å². The number of anilines is 2. The van der Waals surface area contributed by atoms with Crippen LogP contribution in [0, 0.1) is 7.14 Å². The Labute approximate surface area is 293 Å². The number of fused-ring (bicyclic) bond motifs is 2. The Balaban J connectivity index is 0.000000247. The highest BCUT2D eigenvalue weighted by Crippen LogP contribution is 2.31. The minimum absolute atomic E-state index is 0.239. The highest BCUT2D eigenvalue weighted by Gasteiger charge is 2.42. The van der Waals surface area contributed by atoms with Gasteiger partial charge in [0.25, 0.3) is 17.5 Å². The summed E-state index contributed by atoms with van der Waals surface area (Å²) in [4.78, 5) is 80.5. The molecule has 0 saturated carbocycles. The van der Waals surface area contributed by atoms with Gasteiger partial charge in [-0.15, -0.1) is 0 Å². The van der Waals surface area contributed by atoms with E-state index in [0.29, 0.717) is 11.3 Å². The standard InChI is InChI=1S/C13H12INO4.C10H18O5.C8H4INO2/c1-13(2,3)19-12(18)15-9-5-4-7(14)6-8(9)10(16)11(15)17;1-9(2,3)14-7(11)13-8(12)15-10(4,5)6;9-4-1-2-6-5(3-4)7(11)8(12)10-6/h4-6H,1-3H3;1-6H3;1-3H,(H,10,11,12). The smallest absolute Gasteiger partial charge is 0.443 e. The molecule has 46 heavy (non-hydrogen) atoms. The van der Waals surface area contributed by atoms with Crippen LogP contribution in [-0.2, 0) is 28.5 Å². The number of ketones is 2. The first-order valence-corrected chi connectivity index (χ1v) is 15.7. The molecule has 0 saturated heterocycles. The number of imide groups is 1. The van der Waals surface area contributed by atoms with Crippen LogP contribution < -0.4 is 10.2 Å². The molecule has 0 bridgehead atoms. The molecule has 0 aliphatic carbocycles. The summed E-state index contributed by atoms with van der Waals surface area (Å²) in [5.74, 6) is -2.53. The first kappa shape index (κ1) is 38.6. The third-order valence-electron chi connectivity index (χ3n) is 5.04. The molecule has 3 amide bonds. The monoisotopic (exact) mass is 864 g/mol. The van der Waals surface area contributed by atoms with Gasteiger partial charge in [0.2, 0.25) is 0 Å². The zero-order valence-corrected chi connectivity index (χ0v) is 31.0. The highest BCUT2D eigenvalue weighted by atomic mass is 127. The van der Waals surface area contributed by atoms with Gasteiger partial charge in [-0.2, -0.15) is 0 Å². The molecule has 15 heteroatoms. The van der Waals surface area contributed by atoms with Crippen LogP contribution in [0.2, 0.25) is 0 Å². The van der Waals surface area contributed by atoms with E-state index in [1.54, 1.807) is 92.6 Å². The molecule has 2 aliphatic rings. The molecule has 13 nitrogen and oxygen atoms in total. The largest absolute Gasteiger partial charge is 0.519 e. The van der Waals surface area contributed by atoms with Crippen molar-refractivity contribution in [2.24, 2.45) is 0 Å². The summed E-state index contributed by atoms with van der Waals surface area (Å²) in [6.45, 7) is 15.1. The SMILES string of the molecule is CC(C)(C)OC(=O)N1C(=O)C(=O)c2cc(I)ccc21.CC(C)(C)OC(=O)OC(=O)OC(C)(C)C.O=C1Nc2ccc(I)cc2C1=O. The van der Waals surface area contributed by atoms with Crippen LogP contribution in [0.5, 0.6) is 0 Å². The van der Waals surface area contributed by atoms with Crippen molar-refractivity contribution < 1.29 is 52.5 Å². The van der Waals surface area contributed by atoms with E-state index in [4.69, 9.17) is 14.2 Å². The summed E-state index contributed by atoms with van der Waals surface area (Å²) < 4.78 is 20.7. The van der Waals surface area contributed by atoms with Crippen LogP contribution >= 0.6 is 45.2 Å². The van der Waals surface area contributed by atoms with E-state index in [1.807, 2.05) is 28.7 Å². The van der Waals surface area contributed by atoms with Crippen molar-refractivity contribution in [2.45, 2.75) is 79.1 Å². The van der Waals surface area contributed by atoms with Crippen molar-refractivity contribution in [1.29, 1.82) is 0 Å². The molecule has 2 aliphatic heterocycles. The topological polar surface area (TPSA) is 172 Å². The third-order valence-corrected chi connectivity index (χ3v) is 6.39. The first-order valence-electron chi connectivity index (χ1n) is 13.6. The number of hydrogen-bond donors (Lipinski definition) is 1. The number of nitrogens with zero attached hydrogens (tertiary/aromatic N) is 1. The maximum atomic E-state index is 12.0. The number of amides is 3. The van der Waals surface area contributed by atoms with Crippen LogP contribution in [0.4, 0.5) is 25.8 Å². The highest BCUT2D eigenvalue weighted by molar-refractivity contribution is 14.1. The Kier molecular flexibility index (Phi) is 12.5. The predicted molar refractivity (Wildman–Crippen MR) is 183 cm³/mol. The number of halogens is 2. The number of hydrogen-bond acceptors (Lipinski definition) is 11. The Hall–Kier alpha value is -3.61. The van der Waals surface area contributed by atoms with Crippen LogP contribution in [0.3, 0.4) is 0 Å². The van der Waals surface area contributed by atoms with Crippen LogP contribution in [0.25, 0.3) is 0 Å². The summed E-state index contributed by atoms with van der Waals surface area (Å²) in [7, 11) is 0. The molecule has 248 valence electrons. The van der Waals surface area contributed by atoms with Crippen molar-refractivity contribution >= 4 is 98.3 Å². The van der Waals surface area contributed by atoms with Crippen molar-refractivity contribution in [3.8, 4) is 0 Å². The summed E-state index contributed by atoms with van der Waals surface area (Å²) in [5, 5.41) is 2.48. The van der Waals surface area contributed by atoms with Gasteiger partial charge in [0.1, 0.15) is 16.8 Å². The second-order valence-corrected chi connectivity index (χ2v) is 15.1. The minimum atomic E-state index is -1.06. The fourth-order valence-electron chi connectivity index (χ4n) is 3.42. The van der Waals surface area contributed by atoms with Gasteiger partial charge in [0, 0.05) is 7.14 Å². The van der Waals surface area contributed by atoms with E-state index in [-0.39, 0.29) is 11.3 Å². The van der Waals surface area contributed by atoms with Crippen LogP contribution in [0.1, 0.15) is 83.0 Å².